The zero-order valence-electron chi connectivity index (χ0n) is 13.3. The van der Waals surface area contributed by atoms with Gasteiger partial charge in [-0.05, 0) is 37.8 Å². The summed E-state index contributed by atoms with van der Waals surface area (Å²) in [4.78, 5) is 33.6. The van der Waals surface area contributed by atoms with Crippen molar-refractivity contribution in [2.75, 3.05) is 0 Å². The number of carboxylic acid groups (broad SMARTS) is 1. The second-order valence-electron chi connectivity index (χ2n) is 6.23. The van der Waals surface area contributed by atoms with E-state index < -0.39 is 5.97 Å². The fourth-order valence-electron chi connectivity index (χ4n) is 3.61. The van der Waals surface area contributed by atoms with E-state index in [-0.39, 0.29) is 17.0 Å². The van der Waals surface area contributed by atoms with E-state index >= 15 is 0 Å². The lowest BCUT2D eigenvalue weighted by Gasteiger charge is -2.36. The predicted molar refractivity (Wildman–Crippen MR) is 89.5 cm³/mol. The van der Waals surface area contributed by atoms with Gasteiger partial charge >= 0.3 is 5.97 Å². The maximum atomic E-state index is 12.3. The van der Waals surface area contributed by atoms with Gasteiger partial charge in [0.25, 0.3) is 11.7 Å². The lowest BCUT2D eigenvalue weighted by molar-refractivity contribution is -0.141. The van der Waals surface area contributed by atoms with Crippen LogP contribution in [0.2, 0.25) is 0 Å². The summed E-state index contributed by atoms with van der Waals surface area (Å²) in [5.41, 5.74) is 3.91. The standard InChI is InChI=1S/C16H13N5O3S/c1-7-8-3-2-4-10(8)21-16(17-7)18-12(19-21)5-9-13(22)20-11(15(23)24)6-25-14(9)20/h5-6,14H,2-4H2,1H3,(H,23,24)/b9-5-/t14-/m1/s1. The Labute approximate surface area is 146 Å². The van der Waals surface area contributed by atoms with Gasteiger partial charge in [-0.1, -0.05) is 0 Å². The average Bonchev–Trinajstić information content (AvgIpc) is 3.28. The van der Waals surface area contributed by atoms with E-state index in [1.807, 2.05) is 6.92 Å². The fraction of sp³-hybridized carbons (Fsp3) is 0.312. The molecular weight excluding hydrogens is 342 g/mol. The molecule has 0 radical (unpaired) electrons. The van der Waals surface area contributed by atoms with E-state index in [0.717, 1.165) is 30.7 Å². The molecule has 1 fully saturated rings. The highest BCUT2D eigenvalue weighted by Crippen LogP contribution is 2.44. The number of hydrogen-bond donors (Lipinski definition) is 1. The first kappa shape index (κ1) is 14.6. The number of carbonyl (C=O) groups is 2. The highest BCUT2D eigenvalue weighted by atomic mass is 32.2. The van der Waals surface area contributed by atoms with E-state index in [0.29, 0.717) is 17.2 Å². The Hall–Kier alpha value is -2.68. The molecule has 2 aliphatic heterocycles. The molecule has 0 saturated carbocycles. The van der Waals surface area contributed by atoms with Crippen LogP contribution in [0, 0.1) is 6.92 Å². The van der Waals surface area contributed by atoms with E-state index in [1.54, 1.807) is 10.6 Å². The average molecular weight is 355 g/mol. The molecule has 0 bridgehead atoms. The number of carboxylic acids is 1. The topological polar surface area (TPSA) is 101 Å². The van der Waals surface area contributed by atoms with Gasteiger partial charge in [0.15, 0.2) is 5.82 Å². The van der Waals surface area contributed by atoms with Crippen LogP contribution >= 0.6 is 11.8 Å². The van der Waals surface area contributed by atoms with Crippen LogP contribution in [0.25, 0.3) is 11.9 Å². The number of carbonyl (C=O) groups excluding carboxylic acids is 1. The van der Waals surface area contributed by atoms with Gasteiger partial charge in [-0.3, -0.25) is 9.69 Å². The van der Waals surface area contributed by atoms with E-state index in [2.05, 4.69) is 15.1 Å². The number of β-lactam (4-membered cyclic amide) rings is 1. The molecule has 8 nitrogen and oxygen atoms in total. The summed E-state index contributed by atoms with van der Waals surface area (Å²) in [6.07, 6.45) is 4.69. The van der Waals surface area contributed by atoms with Crippen molar-refractivity contribution < 1.29 is 14.7 Å². The number of aliphatic carboxylic acids is 1. The SMILES string of the molecule is Cc1nc2nc(/C=C3/C(=O)N4C(C(=O)O)=CS[C@H]34)nn2c2c1CCC2. The van der Waals surface area contributed by atoms with E-state index in [9.17, 15) is 9.59 Å². The molecule has 2 aromatic rings. The third kappa shape index (κ3) is 1.92. The van der Waals surface area contributed by atoms with Crippen LogP contribution < -0.4 is 0 Å². The number of thioether (sulfide) groups is 1. The number of rotatable bonds is 2. The van der Waals surface area contributed by atoms with Crippen molar-refractivity contribution in [1.29, 1.82) is 0 Å². The minimum atomic E-state index is -1.09. The number of amides is 1. The lowest BCUT2D eigenvalue weighted by Crippen LogP contribution is -2.51. The molecule has 1 amide bonds. The van der Waals surface area contributed by atoms with Crippen LogP contribution in [-0.4, -0.2) is 46.8 Å². The Morgan fingerprint density at radius 3 is 3.04 bits per heavy atom. The van der Waals surface area contributed by atoms with Gasteiger partial charge in [0, 0.05) is 11.1 Å². The molecule has 126 valence electrons. The van der Waals surface area contributed by atoms with E-state index in [1.165, 1.54) is 27.6 Å². The molecule has 0 unspecified atom stereocenters. The van der Waals surface area contributed by atoms with Crippen molar-refractivity contribution in [1.82, 2.24) is 24.5 Å². The number of hydrogen-bond acceptors (Lipinski definition) is 6. The molecular formula is C16H13N5O3S. The van der Waals surface area contributed by atoms with E-state index in [4.69, 9.17) is 5.11 Å². The van der Waals surface area contributed by atoms with Crippen molar-refractivity contribution in [3.05, 3.63) is 39.5 Å². The van der Waals surface area contributed by atoms with Gasteiger partial charge in [-0.25, -0.2) is 14.3 Å². The number of aromatic nitrogens is 4. The van der Waals surface area contributed by atoms with Crippen LogP contribution in [-0.2, 0) is 22.4 Å². The zero-order chi connectivity index (χ0) is 17.3. The molecule has 9 heteroatoms. The summed E-state index contributed by atoms with van der Waals surface area (Å²) in [6, 6.07) is 0. The first-order valence-electron chi connectivity index (χ1n) is 7.94. The summed E-state index contributed by atoms with van der Waals surface area (Å²) < 4.78 is 1.77. The zero-order valence-corrected chi connectivity index (χ0v) is 14.1. The molecule has 4 heterocycles. The Kier molecular flexibility index (Phi) is 2.88. The van der Waals surface area contributed by atoms with Crippen molar-refractivity contribution in [3.8, 4) is 0 Å². The first-order valence-corrected chi connectivity index (χ1v) is 8.88. The van der Waals surface area contributed by atoms with Gasteiger partial charge in [-0.2, -0.15) is 4.98 Å². The Bertz CT molecular complexity index is 1040. The summed E-state index contributed by atoms with van der Waals surface area (Å²) in [5.74, 6) is -0.433. The second-order valence-corrected chi connectivity index (χ2v) is 7.18. The van der Waals surface area contributed by atoms with Crippen LogP contribution in [0.4, 0.5) is 0 Å². The lowest BCUT2D eigenvalue weighted by atomic mass is 10.0. The van der Waals surface area contributed by atoms with Crippen molar-refractivity contribution in [2.45, 2.75) is 31.6 Å². The minimum absolute atomic E-state index is 0.0234. The van der Waals surface area contributed by atoms with Crippen LogP contribution in [0.5, 0.6) is 0 Å². The quantitative estimate of drug-likeness (QED) is 0.637. The smallest absolute Gasteiger partial charge is 0.353 e. The molecule has 0 spiro atoms. The molecule has 3 aliphatic rings. The molecule has 1 saturated heterocycles. The summed E-state index contributed by atoms with van der Waals surface area (Å²) in [7, 11) is 0. The van der Waals surface area contributed by atoms with Crippen molar-refractivity contribution in [3.63, 3.8) is 0 Å². The second kappa shape index (κ2) is 4.92. The fourth-order valence-corrected chi connectivity index (χ4v) is 4.73. The Balaban J connectivity index is 1.53. The van der Waals surface area contributed by atoms with Crippen molar-refractivity contribution in [2.24, 2.45) is 0 Å². The maximum Gasteiger partial charge on any atom is 0.353 e. The molecule has 5 rings (SSSR count). The van der Waals surface area contributed by atoms with Crippen LogP contribution in [0.3, 0.4) is 0 Å². The molecule has 1 N–H and O–H groups in total. The van der Waals surface area contributed by atoms with Gasteiger partial charge in [0.2, 0.25) is 0 Å². The van der Waals surface area contributed by atoms with Crippen LogP contribution in [0.15, 0.2) is 16.7 Å². The van der Waals surface area contributed by atoms with Gasteiger partial charge in [-0.15, -0.1) is 16.9 Å². The monoisotopic (exact) mass is 355 g/mol. The van der Waals surface area contributed by atoms with Crippen molar-refractivity contribution >= 4 is 35.5 Å². The Morgan fingerprint density at radius 2 is 2.24 bits per heavy atom. The predicted octanol–water partition coefficient (Wildman–Crippen LogP) is 1.15. The van der Waals surface area contributed by atoms with Gasteiger partial charge in [0.1, 0.15) is 11.1 Å². The van der Waals surface area contributed by atoms with Gasteiger partial charge < -0.3 is 5.11 Å². The molecule has 0 aromatic carbocycles. The third-order valence-corrected chi connectivity index (χ3v) is 5.88. The number of fused-ring (bicyclic) bond motifs is 4. The maximum absolute atomic E-state index is 12.3. The minimum Gasteiger partial charge on any atom is -0.477 e. The highest BCUT2D eigenvalue weighted by Gasteiger charge is 2.49. The third-order valence-electron chi connectivity index (χ3n) is 4.79. The first-order chi connectivity index (χ1) is 12.0. The highest BCUT2D eigenvalue weighted by molar-refractivity contribution is 8.03. The largest absolute Gasteiger partial charge is 0.477 e. The molecule has 1 atom stereocenters. The number of aryl methyl sites for hydroxylation is 2. The van der Waals surface area contributed by atoms with Crippen LogP contribution in [0.1, 0.15) is 29.2 Å². The summed E-state index contributed by atoms with van der Waals surface area (Å²) >= 11 is 1.31. The normalized spacial score (nSPS) is 23.0. The van der Waals surface area contributed by atoms with Gasteiger partial charge in [0.05, 0.1) is 11.3 Å². The molecule has 2 aromatic heterocycles. The molecule has 25 heavy (non-hydrogen) atoms. The summed E-state index contributed by atoms with van der Waals surface area (Å²) in [5, 5.41) is 14.8. The Morgan fingerprint density at radius 1 is 1.40 bits per heavy atom. The number of nitrogens with zero attached hydrogens (tertiary/aromatic N) is 5. The summed E-state index contributed by atoms with van der Waals surface area (Å²) in [6.45, 7) is 1.98. The molecule has 1 aliphatic carbocycles.